The first-order valence-corrected chi connectivity index (χ1v) is 8.45. The Bertz CT molecular complexity index is 707. The van der Waals surface area contributed by atoms with Crippen molar-refractivity contribution in [3.05, 3.63) is 42.1 Å². The lowest BCUT2D eigenvalue weighted by atomic mass is 9.99. The Kier molecular flexibility index (Phi) is 4.79. The summed E-state index contributed by atoms with van der Waals surface area (Å²) in [5.41, 5.74) is 1.53. The third kappa shape index (κ3) is 3.40. The van der Waals surface area contributed by atoms with Crippen LogP contribution in [0.3, 0.4) is 0 Å². The molecule has 1 amide bonds. The summed E-state index contributed by atoms with van der Waals surface area (Å²) in [5.74, 6) is 2.04. The van der Waals surface area contributed by atoms with E-state index < -0.39 is 0 Å². The van der Waals surface area contributed by atoms with E-state index in [1.165, 1.54) is 0 Å². The summed E-state index contributed by atoms with van der Waals surface area (Å²) in [4.78, 5) is 25.8. The molecule has 0 aliphatic carbocycles. The van der Waals surface area contributed by atoms with Gasteiger partial charge >= 0.3 is 0 Å². The van der Waals surface area contributed by atoms with Gasteiger partial charge < -0.3 is 9.80 Å². The van der Waals surface area contributed by atoms with Crippen molar-refractivity contribution < 1.29 is 4.79 Å². The molecule has 126 valence electrons. The minimum Gasteiger partial charge on any atom is -0.362 e. The van der Waals surface area contributed by atoms with Gasteiger partial charge in [0.1, 0.15) is 11.4 Å². The minimum absolute atomic E-state index is 0.0326. The lowest BCUT2D eigenvalue weighted by Gasteiger charge is -2.31. The smallest absolute Gasteiger partial charge is 0.259 e. The SMILES string of the molecule is CC1CCN(C(=O)c2cnc(-c3ccccc3)nc2N(C)C)CC1. The molecule has 1 saturated heterocycles. The van der Waals surface area contributed by atoms with Gasteiger partial charge in [-0.3, -0.25) is 4.79 Å². The standard InChI is InChI=1S/C19H24N4O/c1-14-9-11-23(12-10-14)19(24)16-13-20-17(21-18(16)22(2)3)15-7-5-4-6-8-15/h4-8,13-14H,9-12H2,1-3H3. The maximum atomic E-state index is 12.9. The van der Waals surface area contributed by atoms with E-state index in [1.54, 1.807) is 6.20 Å². The van der Waals surface area contributed by atoms with Gasteiger partial charge in [0.25, 0.3) is 5.91 Å². The molecule has 0 radical (unpaired) electrons. The van der Waals surface area contributed by atoms with E-state index in [2.05, 4.69) is 16.9 Å². The zero-order valence-corrected chi connectivity index (χ0v) is 14.6. The van der Waals surface area contributed by atoms with Crippen molar-refractivity contribution in [1.29, 1.82) is 0 Å². The van der Waals surface area contributed by atoms with Crippen molar-refractivity contribution in [2.45, 2.75) is 19.8 Å². The number of likely N-dealkylation sites (tertiary alicyclic amines) is 1. The number of nitrogens with zero attached hydrogens (tertiary/aromatic N) is 4. The average molecular weight is 324 g/mol. The Morgan fingerprint density at radius 3 is 2.46 bits per heavy atom. The van der Waals surface area contributed by atoms with E-state index in [4.69, 9.17) is 0 Å². The Morgan fingerprint density at radius 2 is 1.83 bits per heavy atom. The zero-order chi connectivity index (χ0) is 17.1. The fourth-order valence-corrected chi connectivity index (χ4v) is 2.97. The molecule has 5 heteroatoms. The molecule has 1 aliphatic rings. The fourth-order valence-electron chi connectivity index (χ4n) is 2.97. The van der Waals surface area contributed by atoms with Crippen LogP contribution in [0.1, 0.15) is 30.1 Å². The van der Waals surface area contributed by atoms with Gasteiger partial charge in [0.15, 0.2) is 5.82 Å². The first-order valence-electron chi connectivity index (χ1n) is 8.45. The van der Waals surface area contributed by atoms with Crippen LogP contribution >= 0.6 is 0 Å². The van der Waals surface area contributed by atoms with E-state index >= 15 is 0 Å². The van der Waals surface area contributed by atoms with Gasteiger partial charge in [0.2, 0.25) is 0 Å². The van der Waals surface area contributed by atoms with Gasteiger partial charge in [-0.25, -0.2) is 9.97 Å². The van der Waals surface area contributed by atoms with Crippen LogP contribution in [0.2, 0.25) is 0 Å². The summed E-state index contributed by atoms with van der Waals surface area (Å²) in [6, 6.07) is 9.83. The highest BCUT2D eigenvalue weighted by Crippen LogP contribution is 2.24. The van der Waals surface area contributed by atoms with Crippen molar-refractivity contribution >= 4 is 11.7 Å². The molecule has 5 nitrogen and oxygen atoms in total. The summed E-state index contributed by atoms with van der Waals surface area (Å²) in [7, 11) is 3.82. The molecule has 0 atom stereocenters. The molecule has 0 unspecified atom stereocenters. The highest BCUT2D eigenvalue weighted by molar-refractivity contribution is 5.98. The highest BCUT2D eigenvalue weighted by Gasteiger charge is 2.25. The maximum Gasteiger partial charge on any atom is 0.259 e. The average Bonchev–Trinajstić information content (AvgIpc) is 2.62. The van der Waals surface area contributed by atoms with Gasteiger partial charge in [-0.1, -0.05) is 37.3 Å². The summed E-state index contributed by atoms with van der Waals surface area (Å²) in [5, 5.41) is 0. The summed E-state index contributed by atoms with van der Waals surface area (Å²) < 4.78 is 0. The van der Waals surface area contributed by atoms with Crippen molar-refractivity contribution in [2.24, 2.45) is 5.92 Å². The molecule has 0 bridgehead atoms. The van der Waals surface area contributed by atoms with Gasteiger partial charge in [-0.05, 0) is 18.8 Å². The van der Waals surface area contributed by atoms with E-state index in [0.717, 1.165) is 31.5 Å². The molecule has 1 aromatic carbocycles. The molecular weight excluding hydrogens is 300 g/mol. The Balaban J connectivity index is 1.92. The molecule has 1 aliphatic heterocycles. The summed E-state index contributed by atoms with van der Waals surface area (Å²) in [6.07, 6.45) is 3.79. The molecule has 2 heterocycles. The third-order valence-corrected chi connectivity index (χ3v) is 4.53. The Morgan fingerprint density at radius 1 is 1.17 bits per heavy atom. The number of carbonyl (C=O) groups is 1. The van der Waals surface area contributed by atoms with Crippen molar-refractivity contribution in [1.82, 2.24) is 14.9 Å². The van der Waals surface area contributed by atoms with Crippen molar-refractivity contribution in [2.75, 3.05) is 32.1 Å². The van der Waals surface area contributed by atoms with Crippen LogP contribution in [0.15, 0.2) is 36.5 Å². The number of anilines is 1. The van der Waals surface area contributed by atoms with Gasteiger partial charge in [-0.2, -0.15) is 0 Å². The van der Waals surface area contributed by atoms with E-state index in [-0.39, 0.29) is 5.91 Å². The predicted octanol–water partition coefficient (Wildman–Crippen LogP) is 3.08. The second-order valence-corrected chi connectivity index (χ2v) is 6.67. The molecule has 0 saturated carbocycles. The quantitative estimate of drug-likeness (QED) is 0.870. The van der Waals surface area contributed by atoms with Crippen LogP contribution in [0.4, 0.5) is 5.82 Å². The molecule has 1 fully saturated rings. The minimum atomic E-state index is 0.0326. The number of hydrogen-bond acceptors (Lipinski definition) is 4. The first-order chi connectivity index (χ1) is 11.6. The second-order valence-electron chi connectivity index (χ2n) is 6.67. The normalized spacial score (nSPS) is 15.4. The molecule has 0 spiro atoms. The number of hydrogen-bond donors (Lipinski definition) is 0. The molecular formula is C19H24N4O. The number of aromatic nitrogens is 2. The largest absolute Gasteiger partial charge is 0.362 e. The Labute approximate surface area is 143 Å². The van der Waals surface area contributed by atoms with Crippen molar-refractivity contribution in [3.8, 4) is 11.4 Å². The number of amides is 1. The summed E-state index contributed by atoms with van der Waals surface area (Å²) in [6.45, 7) is 3.87. The third-order valence-electron chi connectivity index (χ3n) is 4.53. The first kappa shape index (κ1) is 16.4. The van der Waals surface area contributed by atoms with E-state index in [9.17, 15) is 4.79 Å². The van der Waals surface area contributed by atoms with Gasteiger partial charge in [0.05, 0.1) is 0 Å². The van der Waals surface area contributed by atoms with Crippen LogP contribution < -0.4 is 4.90 Å². The molecule has 1 aromatic heterocycles. The van der Waals surface area contributed by atoms with Crippen LogP contribution in [0.25, 0.3) is 11.4 Å². The fraction of sp³-hybridized carbons (Fsp3) is 0.421. The lowest BCUT2D eigenvalue weighted by molar-refractivity contribution is 0.0697. The summed E-state index contributed by atoms with van der Waals surface area (Å²) >= 11 is 0. The number of carbonyl (C=O) groups excluding carboxylic acids is 1. The number of benzene rings is 1. The Hall–Kier alpha value is -2.43. The second kappa shape index (κ2) is 6.99. The van der Waals surface area contributed by atoms with Crippen LogP contribution in [-0.4, -0.2) is 48.0 Å². The molecule has 0 N–H and O–H groups in total. The predicted molar refractivity (Wildman–Crippen MR) is 96.1 cm³/mol. The highest BCUT2D eigenvalue weighted by atomic mass is 16.2. The van der Waals surface area contributed by atoms with Crippen LogP contribution in [-0.2, 0) is 0 Å². The van der Waals surface area contributed by atoms with Gasteiger partial charge in [-0.15, -0.1) is 0 Å². The van der Waals surface area contributed by atoms with E-state index in [0.29, 0.717) is 23.1 Å². The van der Waals surface area contributed by atoms with Crippen LogP contribution in [0, 0.1) is 5.92 Å². The monoisotopic (exact) mass is 324 g/mol. The zero-order valence-electron chi connectivity index (χ0n) is 14.6. The lowest BCUT2D eigenvalue weighted by Crippen LogP contribution is -2.38. The van der Waals surface area contributed by atoms with Crippen molar-refractivity contribution in [3.63, 3.8) is 0 Å². The van der Waals surface area contributed by atoms with Gasteiger partial charge in [0, 0.05) is 38.9 Å². The molecule has 2 aromatic rings. The topological polar surface area (TPSA) is 49.3 Å². The maximum absolute atomic E-state index is 12.9. The number of piperidine rings is 1. The van der Waals surface area contributed by atoms with E-state index in [1.807, 2.05) is 54.2 Å². The molecule has 3 rings (SSSR count). The number of rotatable bonds is 3. The molecule has 24 heavy (non-hydrogen) atoms. The van der Waals surface area contributed by atoms with Crippen LogP contribution in [0.5, 0.6) is 0 Å².